The number of aromatic amines is 1. The first-order valence-corrected chi connectivity index (χ1v) is 14.9. The number of hydrogen-bond acceptors (Lipinski definition) is 8. The number of aromatic nitrogens is 4. The summed E-state index contributed by atoms with van der Waals surface area (Å²) < 4.78 is 79.3. The molecule has 3 heterocycles. The average Bonchev–Trinajstić information content (AvgIpc) is 3.67. The van der Waals surface area contributed by atoms with Crippen molar-refractivity contribution in [3.63, 3.8) is 0 Å². The molecule has 15 heteroatoms. The van der Waals surface area contributed by atoms with Crippen LogP contribution < -0.4 is 19.9 Å². The molecular formula is C29H25F3N6O5S. The molecule has 2 aromatic carbocycles. The molecule has 11 nitrogen and oxygen atoms in total. The maximum Gasteiger partial charge on any atom is 0.272 e. The molecule has 44 heavy (non-hydrogen) atoms. The predicted octanol–water partition coefficient (Wildman–Crippen LogP) is 5.35. The molecule has 0 saturated heterocycles. The van der Waals surface area contributed by atoms with Crippen LogP contribution in [0.1, 0.15) is 34.5 Å². The molecule has 5 aromatic rings. The Morgan fingerprint density at radius 2 is 1.93 bits per heavy atom. The number of rotatable bonds is 11. The molecule has 6 rings (SSSR count). The molecule has 0 unspecified atom stereocenters. The number of ketones is 1. The quantitative estimate of drug-likeness (QED) is 0.166. The number of pyridine rings is 1. The smallest absolute Gasteiger partial charge is 0.272 e. The number of ether oxygens (including phenoxy) is 2. The number of sulfonamides is 1. The van der Waals surface area contributed by atoms with Crippen molar-refractivity contribution >= 4 is 38.2 Å². The van der Waals surface area contributed by atoms with Crippen molar-refractivity contribution in [1.82, 2.24) is 19.7 Å². The van der Waals surface area contributed by atoms with Gasteiger partial charge in [0.15, 0.2) is 11.6 Å². The molecule has 1 saturated carbocycles. The summed E-state index contributed by atoms with van der Waals surface area (Å²) in [5.74, 6) is -0.993. The van der Waals surface area contributed by atoms with E-state index in [1.54, 1.807) is 25.1 Å². The van der Waals surface area contributed by atoms with Gasteiger partial charge in [0.2, 0.25) is 21.7 Å². The highest BCUT2D eigenvalue weighted by atomic mass is 32.2. The fraction of sp³-hybridized carbons (Fsp3) is 0.207. The van der Waals surface area contributed by atoms with E-state index in [1.807, 2.05) is 0 Å². The van der Waals surface area contributed by atoms with Gasteiger partial charge in [0.1, 0.15) is 18.2 Å². The second kappa shape index (κ2) is 11.2. The number of hydrogen-bond donors (Lipinski definition) is 3. The van der Waals surface area contributed by atoms with Gasteiger partial charge in [-0.2, -0.15) is 5.10 Å². The number of benzene rings is 2. The average molecular weight is 627 g/mol. The Morgan fingerprint density at radius 1 is 1.16 bits per heavy atom. The number of nitrogens with one attached hydrogen (secondary N) is 2. The first kappa shape index (κ1) is 29.0. The van der Waals surface area contributed by atoms with Crippen LogP contribution in [0.5, 0.6) is 17.4 Å². The predicted molar refractivity (Wildman–Crippen MR) is 156 cm³/mol. The van der Waals surface area contributed by atoms with Crippen molar-refractivity contribution < 1.29 is 35.9 Å². The topological polar surface area (TPSA) is 154 Å². The van der Waals surface area contributed by atoms with E-state index < -0.39 is 39.9 Å². The summed E-state index contributed by atoms with van der Waals surface area (Å²) in [4.78, 5) is 20.6. The van der Waals surface area contributed by atoms with Gasteiger partial charge in [-0.25, -0.2) is 31.3 Å². The van der Waals surface area contributed by atoms with Crippen LogP contribution in [0.4, 0.5) is 24.7 Å². The minimum Gasteiger partial charge on any atom is -0.485 e. The molecule has 0 spiro atoms. The van der Waals surface area contributed by atoms with E-state index in [2.05, 4.69) is 19.8 Å². The molecule has 1 fully saturated rings. The molecule has 1 aliphatic carbocycles. The lowest BCUT2D eigenvalue weighted by molar-refractivity contribution is 0.0823. The SMILES string of the molecule is Cc1cc(Oc2ccccc2F)ncc1-n1ncc(C(=O)c2cc3cc(OCC(F)F)c(NS(=O)(=O)C4CC4)cc3[nH]2)c1N. The molecule has 0 amide bonds. The van der Waals surface area contributed by atoms with E-state index in [4.69, 9.17) is 15.2 Å². The van der Waals surface area contributed by atoms with Crippen LogP contribution in [-0.4, -0.2) is 52.2 Å². The summed E-state index contributed by atoms with van der Waals surface area (Å²) in [5.41, 5.74) is 7.90. The Kier molecular flexibility index (Phi) is 7.41. The van der Waals surface area contributed by atoms with Gasteiger partial charge in [0.25, 0.3) is 6.43 Å². The number of nitrogens with zero attached hydrogens (tertiary/aromatic N) is 3. The van der Waals surface area contributed by atoms with Crippen molar-refractivity contribution in [2.75, 3.05) is 17.1 Å². The molecule has 0 bridgehead atoms. The largest absolute Gasteiger partial charge is 0.485 e. The van der Waals surface area contributed by atoms with Gasteiger partial charge in [-0.3, -0.25) is 9.52 Å². The van der Waals surface area contributed by atoms with Crippen LogP contribution in [0.3, 0.4) is 0 Å². The monoisotopic (exact) mass is 626 g/mol. The van der Waals surface area contributed by atoms with Gasteiger partial charge in [-0.1, -0.05) is 12.1 Å². The number of anilines is 2. The van der Waals surface area contributed by atoms with Crippen LogP contribution in [0.2, 0.25) is 0 Å². The molecule has 0 radical (unpaired) electrons. The zero-order valence-electron chi connectivity index (χ0n) is 23.1. The fourth-order valence-corrected chi connectivity index (χ4v) is 5.95. The maximum absolute atomic E-state index is 14.0. The van der Waals surface area contributed by atoms with Gasteiger partial charge in [0, 0.05) is 17.0 Å². The summed E-state index contributed by atoms with van der Waals surface area (Å²) in [5, 5.41) is 4.12. The van der Waals surface area contributed by atoms with Crippen molar-refractivity contribution in [2.45, 2.75) is 31.4 Å². The third-order valence-electron chi connectivity index (χ3n) is 6.93. The Labute approximate surface area is 248 Å². The van der Waals surface area contributed by atoms with Gasteiger partial charge in [0.05, 0.1) is 40.3 Å². The van der Waals surface area contributed by atoms with Crippen molar-refractivity contribution in [3.05, 3.63) is 83.6 Å². The van der Waals surface area contributed by atoms with Crippen molar-refractivity contribution in [1.29, 1.82) is 0 Å². The number of para-hydroxylation sites is 1. The summed E-state index contributed by atoms with van der Waals surface area (Å²) in [6, 6.07) is 11.7. The number of H-pyrrole nitrogens is 1. The first-order valence-electron chi connectivity index (χ1n) is 13.4. The zero-order valence-corrected chi connectivity index (χ0v) is 23.9. The number of nitrogens with two attached hydrogens (primary N) is 1. The zero-order chi connectivity index (χ0) is 31.2. The van der Waals surface area contributed by atoms with Crippen LogP contribution in [0.25, 0.3) is 16.6 Å². The molecule has 0 aliphatic heterocycles. The van der Waals surface area contributed by atoms with E-state index >= 15 is 0 Å². The second-order valence-corrected chi connectivity index (χ2v) is 12.2. The second-order valence-electron chi connectivity index (χ2n) is 10.2. The van der Waals surface area contributed by atoms with E-state index in [9.17, 15) is 26.4 Å². The van der Waals surface area contributed by atoms with Gasteiger partial charge >= 0.3 is 0 Å². The molecule has 3 aromatic heterocycles. The van der Waals surface area contributed by atoms with Crippen LogP contribution in [0, 0.1) is 12.7 Å². The lowest BCUT2D eigenvalue weighted by Crippen LogP contribution is -2.18. The highest BCUT2D eigenvalue weighted by Crippen LogP contribution is 2.36. The molecule has 1 aliphatic rings. The van der Waals surface area contributed by atoms with Gasteiger partial charge < -0.3 is 20.2 Å². The summed E-state index contributed by atoms with van der Waals surface area (Å²) in [6.07, 6.45) is 0.941. The number of nitrogen functional groups attached to an aromatic ring is 1. The number of aryl methyl sites for hydroxylation is 1. The van der Waals surface area contributed by atoms with E-state index in [0.29, 0.717) is 35.0 Å². The number of alkyl halides is 2. The highest BCUT2D eigenvalue weighted by Gasteiger charge is 2.36. The van der Waals surface area contributed by atoms with Crippen LogP contribution in [-0.2, 0) is 10.0 Å². The van der Waals surface area contributed by atoms with E-state index in [1.165, 1.54) is 47.4 Å². The number of halogens is 3. The Balaban J connectivity index is 1.28. The molecule has 0 atom stereocenters. The molecule has 4 N–H and O–H groups in total. The molecule has 228 valence electrons. The standard InChI is InChI=1S/C29H25F3N6O5S/c1-15-8-27(43-24-5-3-2-4-19(24)30)34-13-23(15)38-29(33)18(12-35-38)28(39)22-9-16-10-25(42-14-26(31)32)21(11-20(16)36-22)37-44(40,41)17-6-7-17/h2-5,8-13,17,26,36-37H,6-7,14,33H2,1H3. The van der Waals surface area contributed by atoms with Crippen LogP contribution in [0.15, 0.2) is 60.9 Å². The number of carbonyl (C=O) groups is 1. The Hall–Kier alpha value is -5.05. The third kappa shape index (κ3) is 5.77. The number of carbonyl (C=O) groups excluding carboxylic acids is 1. The number of fused-ring (bicyclic) bond motifs is 1. The normalized spacial score (nSPS) is 13.4. The highest BCUT2D eigenvalue weighted by molar-refractivity contribution is 7.93. The van der Waals surface area contributed by atoms with Crippen molar-refractivity contribution in [2.24, 2.45) is 0 Å². The maximum atomic E-state index is 14.0. The first-order chi connectivity index (χ1) is 21.0. The lowest BCUT2D eigenvalue weighted by Gasteiger charge is -2.13. The minimum atomic E-state index is -3.73. The van der Waals surface area contributed by atoms with Gasteiger partial charge in [-0.15, -0.1) is 0 Å². The summed E-state index contributed by atoms with van der Waals surface area (Å²) >= 11 is 0. The Bertz CT molecular complexity index is 2010. The van der Waals surface area contributed by atoms with E-state index in [-0.39, 0.29) is 40.1 Å². The van der Waals surface area contributed by atoms with Crippen molar-refractivity contribution in [3.8, 4) is 23.1 Å². The fourth-order valence-electron chi connectivity index (χ4n) is 4.56. The summed E-state index contributed by atoms with van der Waals surface area (Å²) in [6.45, 7) is 0.800. The van der Waals surface area contributed by atoms with E-state index in [0.717, 1.165) is 0 Å². The summed E-state index contributed by atoms with van der Waals surface area (Å²) in [7, 11) is -3.73. The van der Waals surface area contributed by atoms with Gasteiger partial charge in [-0.05, 0) is 55.7 Å². The third-order valence-corrected chi connectivity index (χ3v) is 8.79. The molecular weight excluding hydrogens is 601 g/mol. The lowest BCUT2D eigenvalue weighted by atomic mass is 10.1. The van der Waals surface area contributed by atoms with Crippen LogP contribution >= 0.6 is 0 Å². The Morgan fingerprint density at radius 3 is 2.64 bits per heavy atom. The minimum absolute atomic E-state index is 0.0112.